The summed E-state index contributed by atoms with van der Waals surface area (Å²) in [5.74, 6) is 1.75. The number of nitrogens with zero attached hydrogens (tertiary/aromatic N) is 1. The second-order valence-electron chi connectivity index (χ2n) is 6.68. The van der Waals surface area contributed by atoms with E-state index in [2.05, 4.69) is 17.1 Å². The van der Waals surface area contributed by atoms with E-state index in [1.165, 1.54) is 19.4 Å². The average Bonchev–Trinajstić information content (AvgIpc) is 2.64. The Kier molecular flexibility index (Phi) is 5.96. The van der Waals surface area contributed by atoms with Gasteiger partial charge in [-0.05, 0) is 56.9 Å². The summed E-state index contributed by atoms with van der Waals surface area (Å²) in [6, 6.07) is 5.49. The second kappa shape index (κ2) is 8.38. The number of carbonyl (C=O) groups excluding carboxylic acids is 1. The number of fused-ring (bicyclic) bond motifs is 1. The Labute approximate surface area is 144 Å². The molecule has 0 bridgehead atoms. The molecule has 24 heavy (non-hydrogen) atoms. The van der Waals surface area contributed by atoms with E-state index in [0.29, 0.717) is 36.2 Å². The van der Waals surface area contributed by atoms with Gasteiger partial charge in [-0.3, -0.25) is 4.79 Å². The van der Waals surface area contributed by atoms with Crippen LogP contribution in [0.25, 0.3) is 0 Å². The van der Waals surface area contributed by atoms with Gasteiger partial charge < -0.3 is 19.7 Å². The molecule has 0 aliphatic carbocycles. The zero-order valence-electron chi connectivity index (χ0n) is 14.6. The zero-order chi connectivity index (χ0) is 16.8. The fourth-order valence-corrected chi connectivity index (χ4v) is 3.38. The average molecular weight is 332 g/mol. The maximum Gasteiger partial charge on any atom is 0.255 e. The number of nitrogens with one attached hydrogen (secondary N) is 1. The van der Waals surface area contributed by atoms with Crippen molar-refractivity contribution in [2.75, 3.05) is 39.4 Å². The third kappa shape index (κ3) is 4.20. The number of likely N-dealkylation sites (tertiary alicyclic amines) is 1. The van der Waals surface area contributed by atoms with Crippen molar-refractivity contribution in [1.82, 2.24) is 10.2 Å². The van der Waals surface area contributed by atoms with Crippen LogP contribution in [0, 0.1) is 5.92 Å². The summed E-state index contributed by atoms with van der Waals surface area (Å²) in [6.07, 6.45) is 4.86. The highest BCUT2D eigenvalue weighted by atomic mass is 16.6. The third-order valence-corrected chi connectivity index (χ3v) is 4.90. The van der Waals surface area contributed by atoms with E-state index in [1.54, 1.807) is 6.07 Å². The monoisotopic (exact) mass is 332 g/mol. The van der Waals surface area contributed by atoms with Crippen molar-refractivity contribution in [3.05, 3.63) is 23.8 Å². The van der Waals surface area contributed by atoms with E-state index in [4.69, 9.17) is 9.47 Å². The fourth-order valence-electron chi connectivity index (χ4n) is 3.38. The van der Waals surface area contributed by atoms with Gasteiger partial charge in [0.1, 0.15) is 13.2 Å². The van der Waals surface area contributed by atoms with E-state index in [-0.39, 0.29) is 5.91 Å². The van der Waals surface area contributed by atoms with Gasteiger partial charge in [0, 0.05) is 6.54 Å². The minimum atomic E-state index is -0.0641. The molecule has 0 spiro atoms. The van der Waals surface area contributed by atoms with Crippen molar-refractivity contribution in [2.24, 2.45) is 5.92 Å². The van der Waals surface area contributed by atoms with E-state index >= 15 is 0 Å². The smallest absolute Gasteiger partial charge is 0.255 e. The van der Waals surface area contributed by atoms with Crippen molar-refractivity contribution >= 4 is 5.91 Å². The second-order valence-corrected chi connectivity index (χ2v) is 6.68. The predicted octanol–water partition coefficient (Wildman–Crippen LogP) is 2.70. The van der Waals surface area contributed by atoms with Crippen molar-refractivity contribution in [3.63, 3.8) is 0 Å². The first-order valence-corrected chi connectivity index (χ1v) is 9.17. The lowest BCUT2D eigenvalue weighted by Gasteiger charge is -2.32. The van der Waals surface area contributed by atoms with Gasteiger partial charge in [0.25, 0.3) is 5.91 Å². The van der Waals surface area contributed by atoms with Crippen LogP contribution in [0.2, 0.25) is 0 Å². The Morgan fingerprint density at radius 2 is 2.04 bits per heavy atom. The molecule has 1 saturated heterocycles. The topological polar surface area (TPSA) is 50.8 Å². The summed E-state index contributed by atoms with van der Waals surface area (Å²) >= 11 is 0. The molecular weight excluding hydrogens is 304 g/mol. The maximum absolute atomic E-state index is 12.5. The first-order chi connectivity index (χ1) is 11.8. The van der Waals surface area contributed by atoms with E-state index in [9.17, 15) is 4.79 Å². The molecular formula is C19H28N2O3. The quantitative estimate of drug-likeness (QED) is 0.870. The molecule has 2 aliphatic rings. The van der Waals surface area contributed by atoms with E-state index in [1.807, 2.05) is 12.1 Å². The third-order valence-electron chi connectivity index (χ3n) is 4.90. The van der Waals surface area contributed by atoms with Gasteiger partial charge in [-0.2, -0.15) is 0 Å². The Hall–Kier alpha value is -1.75. The van der Waals surface area contributed by atoms with Gasteiger partial charge in [0.05, 0.1) is 5.56 Å². The molecule has 5 heteroatoms. The molecule has 0 aromatic heterocycles. The van der Waals surface area contributed by atoms with Gasteiger partial charge in [-0.25, -0.2) is 0 Å². The van der Waals surface area contributed by atoms with Crippen LogP contribution in [0.3, 0.4) is 0 Å². The van der Waals surface area contributed by atoms with Gasteiger partial charge in [-0.15, -0.1) is 0 Å². The van der Waals surface area contributed by atoms with Crippen LogP contribution >= 0.6 is 0 Å². The molecule has 2 heterocycles. The number of hydrogen-bond donors (Lipinski definition) is 1. The minimum absolute atomic E-state index is 0.0641. The van der Waals surface area contributed by atoms with Crippen molar-refractivity contribution in [1.29, 1.82) is 0 Å². The molecule has 1 aromatic carbocycles. The van der Waals surface area contributed by atoms with Crippen LogP contribution in [-0.2, 0) is 0 Å². The molecule has 1 N–H and O–H groups in total. The lowest BCUT2D eigenvalue weighted by Crippen LogP contribution is -2.39. The Morgan fingerprint density at radius 3 is 2.83 bits per heavy atom. The number of ether oxygens (including phenoxy) is 2. The number of piperidine rings is 1. The summed E-state index contributed by atoms with van der Waals surface area (Å²) in [7, 11) is 0. The highest BCUT2D eigenvalue weighted by Gasteiger charge is 2.22. The number of carbonyl (C=O) groups is 1. The SMILES string of the molecule is CCCCN1CCC(CNC(=O)c2cccc3c2OCCO3)CC1. The maximum atomic E-state index is 12.5. The van der Waals surface area contributed by atoms with Crippen molar-refractivity contribution < 1.29 is 14.3 Å². The lowest BCUT2D eigenvalue weighted by atomic mass is 9.96. The lowest BCUT2D eigenvalue weighted by molar-refractivity contribution is 0.0925. The van der Waals surface area contributed by atoms with Crippen molar-refractivity contribution in [2.45, 2.75) is 32.6 Å². The van der Waals surface area contributed by atoms with Crippen LogP contribution < -0.4 is 14.8 Å². The van der Waals surface area contributed by atoms with Gasteiger partial charge in [0.15, 0.2) is 11.5 Å². The minimum Gasteiger partial charge on any atom is -0.486 e. The first kappa shape index (κ1) is 17.1. The number of hydrogen-bond acceptors (Lipinski definition) is 4. The molecule has 1 amide bonds. The Bertz CT molecular complexity index is 554. The molecule has 1 aromatic rings. The molecule has 2 aliphatic heterocycles. The number of benzene rings is 1. The number of amides is 1. The molecule has 132 valence electrons. The number of unbranched alkanes of at least 4 members (excludes halogenated alkanes) is 1. The zero-order valence-corrected chi connectivity index (χ0v) is 14.6. The fraction of sp³-hybridized carbons (Fsp3) is 0.632. The predicted molar refractivity (Wildman–Crippen MR) is 93.8 cm³/mol. The Balaban J connectivity index is 1.48. The van der Waals surface area contributed by atoms with Gasteiger partial charge in [0.2, 0.25) is 0 Å². The number of rotatable bonds is 6. The Morgan fingerprint density at radius 1 is 1.25 bits per heavy atom. The highest BCUT2D eigenvalue weighted by molar-refractivity contribution is 5.97. The molecule has 0 saturated carbocycles. The molecule has 0 atom stereocenters. The van der Waals surface area contributed by atoms with Gasteiger partial charge in [-0.1, -0.05) is 19.4 Å². The summed E-state index contributed by atoms with van der Waals surface area (Å²) in [4.78, 5) is 15.1. The highest BCUT2D eigenvalue weighted by Crippen LogP contribution is 2.33. The number of para-hydroxylation sites is 1. The van der Waals surface area contributed by atoms with E-state index < -0.39 is 0 Å². The normalized spacial score (nSPS) is 18.4. The standard InChI is InChI=1S/C19H28N2O3/c1-2-3-9-21-10-7-15(8-11-21)14-20-19(22)16-5-4-6-17-18(16)24-13-12-23-17/h4-6,15H,2-3,7-14H2,1H3,(H,20,22). The van der Waals surface area contributed by atoms with Crippen molar-refractivity contribution in [3.8, 4) is 11.5 Å². The van der Waals surface area contributed by atoms with Crippen LogP contribution in [0.15, 0.2) is 18.2 Å². The first-order valence-electron chi connectivity index (χ1n) is 9.17. The largest absolute Gasteiger partial charge is 0.486 e. The molecule has 5 nitrogen and oxygen atoms in total. The van der Waals surface area contributed by atoms with Crippen LogP contribution in [0.1, 0.15) is 43.0 Å². The summed E-state index contributed by atoms with van der Waals surface area (Å²) in [6.45, 7) is 7.52. The van der Waals surface area contributed by atoms with Crippen LogP contribution in [0.4, 0.5) is 0 Å². The summed E-state index contributed by atoms with van der Waals surface area (Å²) in [5.41, 5.74) is 0.576. The van der Waals surface area contributed by atoms with Crippen LogP contribution in [-0.4, -0.2) is 50.2 Å². The van der Waals surface area contributed by atoms with Gasteiger partial charge >= 0.3 is 0 Å². The summed E-state index contributed by atoms with van der Waals surface area (Å²) in [5, 5.41) is 3.08. The molecule has 0 radical (unpaired) electrons. The molecule has 1 fully saturated rings. The molecule has 0 unspecified atom stereocenters. The van der Waals surface area contributed by atoms with E-state index in [0.717, 1.165) is 32.5 Å². The summed E-state index contributed by atoms with van der Waals surface area (Å²) < 4.78 is 11.2. The molecule has 3 rings (SSSR count). The van der Waals surface area contributed by atoms with Crippen LogP contribution in [0.5, 0.6) is 11.5 Å².